The summed E-state index contributed by atoms with van der Waals surface area (Å²) in [5, 5.41) is 18.2. The number of nitrogens with zero attached hydrogens (tertiary/aromatic N) is 5. The molecule has 1 aliphatic heterocycles. The largest absolute Gasteiger partial charge is 0.394 e. The molecule has 0 aliphatic carbocycles. The molecule has 3 rings (SSSR count). The Bertz CT molecular complexity index is 1060. The van der Waals surface area contributed by atoms with Crippen molar-refractivity contribution in [1.29, 1.82) is 0 Å². The molecule has 10 nitrogen and oxygen atoms in total. The number of likely N-dealkylation sites (N-methyl/N-ethyl adjacent to an activating group) is 1. The molecule has 0 unspecified atom stereocenters. The van der Waals surface area contributed by atoms with Gasteiger partial charge in [0.25, 0.3) is 0 Å². The van der Waals surface area contributed by atoms with Gasteiger partial charge in [-0.05, 0) is 37.6 Å². The second kappa shape index (κ2) is 11.6. The molecule has 1 aromatic heterocycles. The first-order valence-electron chi connectivity index (χ1n) is 11.2. The molecule has 1 aromatic carbocycles. The van der Waals surface area contributed by atoms with Crippen LogP contribution in [0.5, 0.6) is 0 Å². The predicted octanol–water partition coefficient (Wildman–Crippen LogP) is 1.78. The van der Waals surface area contributed by atoms with Gasteiger partial charge < -0.3 is 14.7 Å². The fraction of sp³-hybridized carbons (Fsp3) is 0.591. The van der Waals surface area contributed by atoms with Crippen LogP contribution < -0.4 is 0 Å². The number of hydrogen-bond acceptors (Lipinski definition) is 7. The van der Waals surface area contributed by atoms with E-state index in [-0.39, 0.29) is 42.5 Å². The Balaban J connectivity index is 1.86. The second-order valence-electron chi connectivity index (χ2n) is 8.70. The van der Waals surface area contributed by atoms with Crippen molar-refractivity contribution in [2.24, 2.45) is 5.92 Å². The van der Waals surface area contributed by atoms with Crippen LogP contribution in [0.1, 0.15) is 32.4 Å². The Morgan fingerprint density at radius 2 is 2.03 bits per heavy atom. The molecule has 0 bridgehead atoms. The van der Waals surface area contributed by atoms with E-state index < -0.39 is 16.1 Å². The number of aromatic nitrogens is 3. The van der Waals surface area contributed by atoms with Gasteiger partial charge in [0.1, 0.15) is 0 Å². The van der Waals surface area contributed by atoms with Gasteiger partial charge in [-0.2, -0.15) is 4.31 Å². The Morgan fingerprint density at radius 3 is 2.71 bits per heavy atom. The quantitative estimate of drug-likeness (QED) is 0.625. The summed E-state index contributed by atoms with van der Waals surface area (Å²) in [5.74, 6) is -0.291. The fourth-order valence-corrected chi connectivity index (χ4v) is 5.19. The fourth-order valence-electron chi connectivity index (χ4n) is 3.88. The van der Waals surface area contributed by atoms with Gasteiger partial charge in [0.15, 0.2) is 0 Å². The van der Waals surface area contributed by atoms with Gasteiger partial charge >= 0.3 is 0 Å². The zero-order valence-electron chi connectivity index (χ0n) is 19.7. The molecule has 2 aromatic rings. The maximum absolute atomic E-state index is 13.1. The van der Waals surface area contributed by atoms with E-state index in [1.807, 2.05) is 6.92 Å². The molecule has 0 fully saturated rings. The monoisotopic (exact) mass is 513 g/mol. The zero-order valence-corrected chi connectivity index (χ0v) is 21.2. The van der Waals surface area contributed by atoms with Gasteiger partial charge in [0.05, 0.1) is 42.1 Å². The number of carbonyl (C=O) groups excluding carboxylic acids is 1. The molecule has 1 N–H and O–H groups in total. The Hall–Kier alpha value is -2.05. The van der Waals surface area contributed by atoms with Crippen LogP contribution in [0, 0.1) is 5.92 Å². The number of benzene rings is 1. The van der Waals surface area contributed by atoms with Crippen LogP contribution in [0.2, 0.25) is 5.02 Å². The van der Waals surface area contributed by atoms with E-state index in [9.17, 15) is 18.3 Å². The standard InChI is InChI=1S/C22H32ClN5O5S/c1-16-12-27(17(2)14-29)22(30)5-4-10-28-19(11-24-25-28)15-33-21(16)13-26(3)34(31,32)20-8-6-18(23)7-9-20/h6-9,11,16-17,21,29H,4-5,10,12-15H2,1-3H3/t16-,17-,21-/m0/s1. The highest BCUT2D eigenvalue weighted by Crippen LogP contribution is 2.22. The van der Waals surface area contributed by atoms with Crippen LogP contribution in [-0.2, 0) is 32.7 Å². The number of ether oxygens (including phenoxy) is 1. The van der Waals surface area contributed by atoms with Gasteiger partial charge in [-0.3, -0.25) is 4.79 Å². The highest BCUT2D eigenvalue weighted by molar-refractivity contribution is 7.89. The predicted molar refractivity (Wildman–Crippen MR) is 127 cm³/mol. The van der Waals surface area contributed by atoms with Gasteiger partial charge in [0, 0.05) is 44.0 Å². The molecule has 12 heteroatoms. The SMILES string of the molecule is C[C@H]1CN([C@@H](C)CO)C(=O)CCCn2nncc2CO[C@H]1CN(C)S(=O)(=O)c1ccc(Cl)cc1. The Morgan fingerprint density at radius 1 is 1.32 bits per heavy atom. The average molecular weight is 514 g/mol. The smallest absolute Gasteiger partial charge is 0.242 e. The lowest BCUT2D eigenvalue weighted by Crippen LogP contribution is -2.47. The maximum atomic E-state index is 13.1. The highest BCUT2D eigenvalue weighted by Gasteiger charge is 2.31. The summed E-state index contributed by atoms with van der Waals surface area (Å²) in [6.45, 7) is 4.66. The first-order valence-corrected chi connectivity index (χ1v) is 13.1. The minimum atomic E-state index is -3.78. The molecular weight excluding hydrogens is 482 g/mol. The van der Waals surface area contributed by atoms with E-state index in [1.54, 1.807) is 22.7 Å². The van der Waals surface area contributed by atoms with E-state index in [0.29, 0.717) is 31.0 Å². The minimum Gasteiger partial charge on any atom is -0.394 e. The van der Waals surface area contributed by atoms with Crippen molar-refractivity contribution in [3.63, 3.8) is 0 Å². The van der Waals surface area contributed by atoms with Gasteiger partial charge in [-0.25, -0.2) is 13.1 Å². The lowest BCUT2D eigenvalue weighted by Gasteiger charge is -2.35. The summed E-state index contributed by atoms with van der Waals surface area (Å²) in [5.41, 5.74) is 0.758. The number of fused-ring (bicyclic) bond motifs is 1. The number of hydrogen-bond donors (Lipinski definition) is 1. The van der Waals surface area contributed by atoms with Crippen molar-refractivity contribution in [2.75, 3.05) is 26.7 Å². The summed E-state index contributed by atoms with van der Waals surface area (Å²) in [6, 6.07) is 5.63. The molecule has 0 radical (unpaired) electrons. The van der Waals surface area contributed by atoms with E-state index in [4.69, 9.17) is 16.3 Å². The maximum Gasteiger partial charge on any atom is 0.242 e. The van der Waals surface area contributed by atoms with Crippen molar-refractivity contribution < 1.29 is 23.1 Å². The highest BCUT2D eigenvalue weighted by atomic mass is 35.5. The number of aryl methyl sites for hydroxylation is 1. The first-order chi connectivity index (χ1) is 16.1. The van der Waals surface area contributed by atoms with Crippen LogP contribution >= 0.6 is 11.6 Å². The number of rotatable bonds is 6. The van der Waals surface area contributed by atoms with E-state index in [1.165, 1.54) is 35.6 Å². The third-order valence-electron chi connectivity index (χ3n) is 6.10. The first kappa shape index (κ1) is 26.6. The van der Waals surface area contributed by atoms with Crippen molar-refractivity contribution in [3.05, 3.63) is 41.2 Å². The molecule has 188 valence electrons. The third kappa shape index (κ3) is 6.33. The number of aliphatic hydroxyl groups excluding tert-OH is 1. The summed E-state index contributed by atoms with van der Waals surface area (Å²) in [4.78, 5) is 14.7. The van der Waals surface area contributed by atoms with Crippen molar-refractivity contribution >= 4 is 27.5 Å². The third-order valence-corrected chi connectivity index (χ3v) is 8.19. The van der Waals surface area contributed by atoms with Crippen molar-refractivity contribution in [3.8, 4) is 0 Å². The summed E-state index contributed by atoms with van der Waals surface area (Å²) < 4.78 is 35.4. The normalized spacial score (nSPS) is 21.6. The summed E-state index contributed by atoms with van der Waals surface area (Å²) in [6.07, 6.45) is 1.98. The van der Waals surface area contributed by atoms with E-state index >= 15 is 0 Å². The summed E-state index contributed by atoms with van der Waals surface area (Å²) in [7, 11) is -2.28. The minimum absolute atomic E-state index is 0.0726. The van der Waals surface area contributed by atoms with Gasteiger partial charge in [0.2, 0.25) is 15.9 Å². The number of carbonyl (C=O) groups is 1. The molecule has 0 spiro atoms. The molecule has 34 heavy (non-hydrogen) atoms. The lowest BCUT2D eigenvalue weighted by atomic mass is 10.0. The zero-order chi connectivity index (χ0) is 24.9. The second-order valence-corrected chi connectivity index (χ2v) is 11.2. The molecule has 1 aliphatic rings. The number of aliphatic hydroxyl groups is 1. The van der Waals surface area contributed by atoms with Gasteiger partial charge in [-0.1, -0.05) is 23.7 Å². The molecule has 2 heterocycles. The molecule has 1 amide bonds. The average Bonchev–Trinajstić information content (AvgIpc) is 3.25. The molecular formula is C22H32ClN5O5S. The van der Waals surface area contributed by atoms with Gasteiger partial charge in [-0.15, -0.1) is 5.10 Å². The van der Waals surface area contributed by atoms with Crippen LogP contribution in [0.3, 0.4) is 0 Å². The van der Waals surface area contributed by atoms with E-state index in [2.05, 4.69) is 10.3 Å². The topological polar surface area (TPSA) is 118 Å². The molecule has 3 atom stereocenters. The van der Waals surface area contributed by atoms with Crippen LogP contribution in [-0.4, -0.2) is 82.5 Å². The Kier molecular flexibility index (Phi) is 9.05. The Labute approximate surface area is 205 Å². The van der Waals surface area contributed by atoms with E-state index in [0.717, 1.165) is 5.69 Å². The molecule has 0 saturated carbocycles. The number of halogens is 1. The number of amides is 1. The van der Waals surface area contributed by atoms with Crippen LogP contribution in [0.4, 0.5) is 0 Å². The molecule has 0 saturated heterocycles. The van der Waals surface area contributed by atoms with Crippen LogP contribution in [0.15, 0.2) is 35.4 Å². The van der Waals surface area contributed by atoms with Crippen molar-refractivity contribution in [1.82, 2.24) is 24.2 Å². The summed E-state index contributed by atoms with van der Waals surface area (Å²) >= 11 is 5.91. The van der Waals surface area contributed by atoms with Crippen LogP contribution in [0.25, 0.3) is 0 Å². The number of sulfonamides is 1. The lowest BCUT2D eigenvalue weighted by molar-refractivity contribution is -0.136. The van der Waals surface area contributed by atoms with Crippen molar-refractivity contribution in [2.45, 2.75) is 56.9 Å².